The highest BCUT2D eigenvalue weighted by Crippen LogP contribution is 1.98. The molecule has 0 bridgehead atoms. The SMILES string of the molecule is COCC(C)CNCCCCSC. The molecule has 0 aliphatic heterocycles. The van der Waals surface area contributed by atoms with Gasteiger partial charge in [-0.05, 0) is 43.9 Å². The zero-order valence-corrected chi connectivity index (χ0v) is 9.95. The van der Waals surface area contributed by atoms with Crippen molar-refractivity contribution in [1.82, 2.24) is 5.32 Å². The number of ether oxygens (including phenoxy) is 1. The van der Waals surface area contributed by atoms with Crippen molar-refractivity contribution in [3.05, 3.63) is 0 Å². The van der Waals surface area contributed by atoms with Gasteiger partial charge in [0, 0.05) is 13.7 Å². The Balaban J connectivity index is 2.97. The Morgan fingerprint density at radius 3 is 2.77 bits per heavy atom. The predicted molar refractivity (Wildman–Crippen MR) is 61.5 cm³/mol. The highest BCUT2D eigenvalue weighted by atomic mass is 32.2. The number of hydrogen-bond acceptors (Lipinski definition) is 3. The Hall–Kier alpha value is 0.270. The van der Waals surface area contributed by atoms with E-state index >= 15 is 0 Å². The molecular formula is C10H23NOS. The Morgan fingerprint density at radius 1 is 1.38 bits per heavy atom. The molecule has 0 aliphatic rings. The lowest BCUT2D eigenvalue weighted by Crippen LogP contribution is -2.24. The smallest absolute Gasteiger partial charge is 0.0499 e. The molecule has 0 fully saturated rings. The van der Waals surface area contributed by atoms with Crippen LogP contribution in [0.4, 0.5) is 0 Å². The first-order valence-corrected chi connectivity index (χ1v) is 6.39. The van der Waals surface area contributed by atoms with Crippen LogP contribution in [0.5, 0.6) is 0 Å². The molecule has 0 rings (SSSR count). The van der Waals surface area contributed by atoms with Crippen molar-refractivity contribution in [2.75, 3.05) is 38.8 Å². The van der Waals surface area contributed by atoms with E-state index < -0.39 is 0 Å². The predicted octanol–water partition coefficient (Wildman–Crippen LogP) is 2.00. The van der Waals surface area contributed by atoms with Gasteiger partial charge in [-0.15, -0.1) is 0 Å². The Morgan fingerprint density at radius 2 is 2.15 bits per heavy atom. The van der Waals surface area contributed by atoms with Crippen LogP contribution in [-0.4, -0.2) is 38.8 Å². The number of thioether (sulfide) groups is 1. The molecule has 80 valence electrons. The highest BCUT2D eigenvalue weighted by Gasteiger charge is 1.99. The van der Waals surface area contributed by atoms with Crippen LogP contribution in [0.3, 0.4) is 0 Å². The zero-order chi connectivity index (χ0) is 9.94. The minimum absolute atomic E-state index is 0.630. The van der Waals surface area contributed by atoms with Crippen molar-refractivity contribution in [3.63, 3.8) is 0 Å². The van der Waals surface area contributed by atoms with E-state index in [1.165, 1.54) is 18.6 Å². The second-order valence-electron chi connectivity index (χ2n) is 3.46. The van der Waals surface area contributed by atoms with E-state index in [-0.39, 0.29) is 0 Å². The van der Waals surface area contributed by atoms with Crippen LogP contribution in [0, 0.1) is 5.92 Å². The summed E-state index contributed by atoms with van der Waals surface area (Å²) in [5.74, 6) is 1.92. The lowest BCUT2D eigenvalue weighted by Gasteiger charge is -2.10. The van der Waals surface area contributed by atoms with Crippen molar-refractivity contribution in [1.29, 1.82) is 0 Å². The molecule has 0 aromatic carbocycles. The fraction of sp³-hybridized carbons (Fsp3) is 1.00. The largest absolute Gasteiger partial charge is 0.384 e. The first-order chi connectivity index (χ1) is 6.31. The molecule has 0 saturated heterocycles. The molecule has 0 amide bonds. The van der Waals surface area contributed by atoms with Crippen molar-refractivity contribution in [2.24, 2.45) is 5.92 Å². The van der Waals surface area contributed by atoms with Crippen LogP contribution < -0.4 is 5.32 Å². The summed E-state index contributed by atoms with van der Waals surface area (Å²) in [6, 6.07) is 0. The van der Waals surface area contributed by atoms with Crippen LogP contribution in [0.2, 0.25) is 0 Å². The summed E-state index contributed by atoms with van der Waals surface area (Å²) in [5.41, 5.74) is 0. The minimum Gasteiger partial charge on any atom is -0.384 e. The molecule has 0 heterocycles. The third-order valence-corrected chi connectivity index (χ3v) is 2.59. The Bertz CT molecular complexity index is 101. The molecule has 0 aromatic heterocycles. The maximum atomic E-state index is 5.06. The van der Waals surface area contributed by atoms with Gasteiger partial charge in [0.1, 0.15) is 0 Å². The molecule has 13 heavy (non-hydrogen) atoms. The van der Waals surface area contributed by atoms with Gasteiger partial charge in [-0.25, -0.2) is 0 Å². The summed E-state index contributed by atoms with van der Waals surface area (Å²) in [6.07, 6.45) is 4.78. The minimum atomic E-state index is 0.630. The standard InChI is InChI=1S/C10H23NOS/c1-10(9-12-2)8-11-6-4-5-7-13-3/h10-11H,4-9H2,1-3H3. The first kappa shape index (κ1) is 13.3. The third-order valence-electron chi connectivity index (χ3n) is 1.90. The third kappa shape index (κ3) is 10.2. The van der Waals surface area contributed by atoms with E-state index in [4.69, 9.17) is 4.74 Å². The van der Waals surface area contributed by atoms with Crippen LogP contribution >= 0.6 is 11.8 Å². The first-order valence-electron chi connectivity index (χ1n) is 4.99. The molecular weight excluding hydrogens is 182 g/mol. The van der Waals surface area contributed by atoms with E-state index in [9.17, 15) is 0 Å². The van der Waals surface area contributed by atoms with Crippen molar-refractivity contribution in [2.45, 2.75) is 19.8 Å². The fourth-order valence-corrected chi connectivity index (χ4v) is 1.68. The molecule has 1 atom stereocenters. The Labute approximate surface area is 86.8 Å². The van der Waals surface area contributed by atoms with E-state index in [0.29, 0.717) is 5.92 Å². The van der Waals surface area contributed by atoms with Gasteiger partial charge in [0.25, 0.3) is 0 Å². The van der Waals surface area contributed by atoms with Gasteiger partial charge < -0.3 is 10.1 Å². The topological polar surface area (TPSA) is 21.3 Å². The molecule has 3 heteroatoms. The van der Waals surface area contributed by atoms with E-state index in [1.807, 2.05) is 11.8 Å². The van der Waals surface area contributed by atoms with Gasteiger partial charge >= 0.3 is 0 Å². The average molecular weight is 205 g/mol. The van der Waals surface area contributed by atoms with Gasteiger partial charge in [0.2, 0.25) is 0 Å². The van der Waals surface area contributed by atoms with Gasteiger partial charge in [0.15, 0.2) is 0 Å². The summed E-state index contributed by atoms with van der Waals surface area (Å²) < 4.78 is 5.06. The normalized spacial score (nSPS) is 13.2. The monoisotopic (exact) mass is 205 g/mol. The second-order valence-corrected chi connectivity index (χ2v) is 4.45. The lowest BCUT2D eigenvalue weighted by molar-refractivity contribution is 0.158. The lowest BCUT2D eigenvalue weighted by atomic mass is 10.2. The maximum Gasteiger partial charge on any atom is 0.0499 e. The quantitative estimate of drug-likeness (QED) is 0.582. The maximum absolute atomic E-state index is 5.06. The zero-order valence-electron chi connectivity index (χ0n) is 9.14. The molecule has 1 N–H and O–H groups in total. The van der Waals surface area contributed by atoms with E-state index in [1.54, 1.807) is 7.11 Å². The summed E-state index contributed by atoms with van der Waals surface area (Å²) in [7, 11) is 1.76. The van der Waals surface area contributed by atoms with Crippen LogP contribution in [0.25, 0.3) is 0 Å². The fourth-order valence-electron chi connectivity index (χ4n) is 1.19. The van der Waals surface area contributed by atoms with Gasteiger partial charge in [-0.3, -0.25) is 0 Å². The number of methoxy groups -OCH3 is 1. The Kier molecular flexibility index (Phi) is 10.6. The van der Waals surface area contributed by atoms with E-state index in [2.05, 4.69) is 18.5 Å². The summed E-state index contributed by atoms with van der Waals surface area (Å²) in [4.78, 5) is 0. The van der Waals surface area contributed by atoms with Crippen LogP contribution in [0.1, 0.15) is 19.8 Å². The summed E-state index contributed by atoms with van der Waals surface area (Å²) in [6.45, 7) is 5.29. The number of rotatable bonds is 9. The molecule has 0 saturated carbocycles. The summed E-state index contributed by atoms with van der Waals surface area (Å²) >= 11 is 1.93. The second kappa shape index (κ2) is 10.4. The van der Waals surface area contributed by atoms with Crippen molar-refractivity contribution < 1.29 is 4.74 Å². The highest BCUT2D eigenvalue weighted by molar-refractivity contribution is 7.98. The van der Waals surface area contributed by atoms with Gasteiger partial charge in [-0.1, -0.05) is 6.92 Å². The number of nitrogens with one attached hydrogen (secondary N) is 1. The van der Waals surface area contributed by atoms with Gasteiger partial charge in [-0.2, -0.15) is 11.8 Å². The molecule has 0 radical (unpaired) electrons. The van der Waals surface area contributed by atoms with Gasteiger partial charge in [0.05, 0.1) is 0 Å². The molecule has 2 nitrogen and oxygen atoms in total. The average Bonchev–Trinajstić information content (AvgIpc) is 2.11. The number of unbranched alkanes of at least 4 members (excludes halogenated alkanes) is 1. The molecule has 0 spiro atoms. The molecule has 0 aromatic rings. The van der Waals surface area contributed by atoms with Crippen LogP contribution in [-0.2, 0) is 4.74 Å². The van der Waals surface area contributed by atoms with Crippen LogP contribution in [0.15, 0.2) is 0 Å². The van der Waals surface area contributed by atoms with E-state index in [0.717, 1.165) is 19.7 Å². The number of hydrogen-bond donors (Lipinski definition) is 1. The summed E-state index contributed by atoms with van der Waals surface area (Å²) in [5, 5.41) is 3.44. The molecule has 0 aliphatic carbocycles. The van der Waals surface area contributed by atoms with Crippen molar-refractivity contribution in [3.8, 4) is 0 Å². The van der Waals surface area contributed by atoms with Crippen molar-refractivity contribution >= 4 is 11.8 Å². The molecule has 1 unspecified atom stereocenters.